The fourth-order valence-corrected chi connectivity index (χ4v) is 1.76. The standard InChI is InChI=1S/C13H10N2.C2H6/c1-2-4-11-9-12(6-5-10(11)3-1)13-14-7-8-15-13;1-2/h1-9H,(H,14,15);1-2H3. The normalized spacial score (nSPS) is 9.76. The molecule has 0 bridgehead atoms. The molecular weight excluding hydrogens is 208 g/mol. The van der Waals surface area contributed by atoms with Crippen LogP contribution in [0.15, 0.2) is 54.9 Å². The highest BCUT2D eigenvalue weighted by atomic mass is 14.9. The molecule has 0 aliphatic rings. The monoisotopic (exact) mass is 224 g/mol. The van der Waals surface area contributed by atoms with Crippen molar-refractivity contribution in [3.63, 3.8) is 0 Å². The minimum absolute atomic E-state index is 0.917. The van der Waals surface area contributed by atoms with Crippen LogP contribution in [-0.4, -0.2) is 9.97 Å². The molecular formula is C15H16N2. The molecule has 17 heavy (non-hydrogen) atoms. The van der Waals surface area contributed by atoms with E-state index in [1.165, 1.54) is 10.8 Å². The lowest BCUT2D eigenvalue weighted by Crippen LogP contribution is -1.80. The number of nitrogens with one attached hydrogen (secondary N) is 1. The molecule has 2 nitrogen and oxygen atoms in total. The van der Waals surface area contributed by atoms with Gasteiger partial charge in [0.2, 0.25) is 0 Å². The summed E-state index contributed by atoms with van der Waals surface area (Å²) in [5, 5.41) is 2.50. The fraction of sp³-hybridized carbons (Fsp3) is 0.133. The molecule has 86 valence electrons. The van der Waals surface area contributed by atoms with Gasteiger partial charge >= 0.3 is 0 Å². The molecule has 0 fully saturated rings. The molecule has 2 heteroatoms. The van der Waals surface area contributed by atoms with Gasteiger partial charge in [0.05, 0.1) is 0 Å². The number of imidazole rings is 1. The SMILES string of the molecule is CC.c1ccc2cc(-c3ncc[nH]3)ccc2c1. The summed E-state index contributed by atoms with van der Waals surface area (Å²) >= 11 is 0. The second-order valence-corrected chi connectivity index (χ2v) is 3.50. The van der Waals surface area contributed by atoms with Gasteiger partial charge in [-0.25, -0.2) is 4.98 Å². The summed E-state index contributed by atoms with van der Waals surface area (Å²) in [4.78, 5) is 7.34. The van der Waals surface area contributed by atoms with Crippen molar-refractivity contribution < 1.29 is 0 Å². The quantitative estimate of drug-likeness (QED) is 0.657. The zero-order valence-corrected chi connectivity index (χ0v) is 10.1. The van der Waals surface area contributed by atoms with Crippen LogP contribution in [0.1, 0.15) is 13.8 Å². The average molecular weight is 224 g/mol. The van der Waals surface area contributed by atoms with E-state index in [0.29, 0.717) is 0 Å². The van der Waals surface area contributed by atoms with E-state index < -0.39 is 0 Å². The summed E-state index contributed by atoms with van der Waals surface area (Å²) in [5.74, 6) is 0.917. The number of hydrogen-bond donors (Lipinski definition) is 1. The number of rotatable bonds is 1. The van der Waals surface area contributed by atoms with Gasteiger partial charge in [-0.2, -0.15) is 0 Å². The summed E-state index contributed by atoms with van der Waals surface area (Å²) in [6.07, 6.45) is 3.61. The third kappa shape index (κ3) is 2.36. The molecule has 0 saturated carbocycles. The van der Waals surface area contributed by atoms with Crippen molar-refractivity contribution in [3.05, 3.63) is 54.9 Å². The van der Waals surface area contributed by atoms with Crippen LogP contribution in [0.5, 0.6) is 0 Å². The molecule has 1 aromatic heterocycles. The molecule has 0 aliphatic carbocycles. The maximum absolute atomic E-state index is 4.24. The topological polar surface area (TPSA) is 28.7 Å². The first kappa shape index (κ1) is 11.4. The van der Waals surface area contributed by atoms with E-state index in [1.807, 2.05) is 26.1 Å². The number of benzene rings is 2. The van der Waals surface area contributed by atoms with Gasteiger partial charge in [0, 0.05) is 18.0 Å². The van der Waals surface area contributed by atoms with Gasteiger partial charge in [0.15, 0.2) is 0 Å². The van der Waals surface area contributed by atoms with Gasteiger partial charge in [-0.3, -0.25) is 0 Å². The van der Waals surface area contributed by atoms with E-state index in [0.717, 1.165) is 11.4 Å². The number of fused-ring (bicyclic) bond motifs is 1. The Bertz CT molecular complexity index is 583. The Hall–Kier alpha value is -2.09. The van der Waals surface area contributed by atoms with Crippen molar-refractivity contribution >= 4 is 10.8 Å². The van der Waals surface area contributed by atoms with Crippen LogP contribution in [0.2, 0.25) is 0 Å². The molecule has 0 amide bonds. The summed E-state index contributed by atoms with van der Waals surface area (Å²) in [7, 11) is 0. The number of aromatic nitrogens is 2. The summed E-state index contributed by atoms with van der Waals surface area (Å²) in [6.45, 7) is 4.00. The molecule has 2 aromatic carbocycles. The van der Waals surface area contributed by atoms with Crippen LogP contribution in [-0.2, 0) is 0 Å². The van der Waals surface area contributed by atoms with Gasteiger partial charge in [-0.15, -0.1) is 0 Å². The zero-order valence-electron chi connectivity index (χ0n) is 10.1. The van der Waals surface area contributed by atoms with E-state index >= 15 is 0 Å². The van der Waals surface area contributed by atoms with Crippen molar-refractivity contribution in [2.24, 2.45) is 0 Å². The molecule has 0 unspecified atom stereocenters. The lowest BCUT2D eigenvalue weighted by molar-refractivity contribution is 1.31. The first-order valence-corrected chi connectivity index (χ1v) is 5.92. The highest BCUT2D eigenvalue weighted by Gasteiger charge is 2.00. The Morgan fingerprint density at radius 1 is 0.941 bits per heavy atom. The third-order valence-electron chi connectivity index (χ3n) is 2.52. The molecule has 0 radical (unpaired) electrons. The molecule has 1 heterocycles. The van der Waals surface area contributed by atoms with Crippen LogP contribution >= 0.6 is 0 Å². The smallest absolute Gasteiger partial charge is 0.137 e. The van der Waals surface area contributed by atoms with Crippen LogP contribution in [0, 0.1) is 0 Å². The Kier molecular flexibility index (Phi) is 3.55. The van der Waals surface area contributed by atoms with Crippen LogP contribution < -0.4 is 0 Å². The molecule has 0 saturated heterocycles. The number of nitrogens with zero attached hydrogens (tertiary/aromatic N) is 1. The predicted molar refractivity (Wildman–Crippen MR) is 72.9 cm³/mol. The van der Waals surface area contributed by atoms with Gasteiger partial charge in [-0.05, 0) is 16.8 Å². The van der Waals surface area contributed by atoms with E-state index in [9.17, 15) is 0 Å². The molecule has 0 aliphatic heterocycles. The van der Waals surface area contributed by atoms with Gasteiger partial charge in [0.1, 0.15) is 5.82 Å². The van der Waals surface area contributed by atoms with Gasteiger partial charge in [0.25, 0.3) is 0 Å². The molecule has 1 N–H and O–H groups in total. The van der Waals surface area contributed by atoms with Crippen molar-refractivity contribution in [2.75, 3.05) is 0 Å². The van der Waals surface area contributed by atoms with E-state index in [4.69, 9.17) is 0 Å². The second-order valence-electron chi connectivity index (χ2n) is 3.50. The number of aromatic amines is 1. The molecule has 3 aromatic rings. The van der Waals surface area contributed by atoms with Crippen LogP contribution in [0.4, 0.5) is 0 Å². The van der Waals surface area contributed by atoms with Crippen molar-refractivity contribution in [1.29, 1.82) is 0 Å². The Labute approximate surface area is 101 Å². The van der Waals surface area contributed by atoms with Gasteiger partial charge < -0.3 is 4.98 Å². The summed E-state index contributed by atoms with van der Waals surface area (Å²) in [6, 6.07) is 14.7. The van der Waals surface area contributed by atoms with E-state index in [1.54, 1.807) is 6.20 Å². The van der Waals surface area contributed by atoms with E-state index in [-0.39, 0.29) is 0 Å². The van der Waals surface area contributed by atoms with Crippen molar-refractivity contribution in [1.82, 2.24) is 9.97 Å². The van der Waals surface area contributed by atoms with Crippen LogP contribution in [0.25, 0.3) is 22.2 Å². The Balaban J connectivity index is 0.000000514. The first-order valence-electron chi connectivity index (χ1n) is 5.92. The second kappa shape index (κ2) is 5.30. The van der Waals surface area contributed by atoms with Crippen LogP contribution in [0.3, 0.4) is 0 Å². The average Bonchev–Trinajstić information content (AvgIpc) is 2.94. The minimum atomic E-state index is 0.917. The Morgan fingerprint density at radius 2 is 1.71 bits per heavy atom. The minimum Gasteiger partial charge on any atom is -0.345 e. The largest absolute Gasteiger partial charge is 0.345 e. The number of H-pyrrole nitrogens is 1. The third-order valence-corrected chi connectivity index (χ3v) is 2.52. The fourth-order valence-electron chi connectivity index (χ4n) is 1.76. The van der Waals surface area contributed by atoms with Crippen molar-refractivity contribution in [2.45, 2.75) is 13.8 Å². The lowest BCUT2D eigenvalue weighted by atomic mass is 10.1. The first-order chi connectivity index (χ1) is 8.43. The molecule has 3 rings (SSSR count). The molecule has 0 spiro atoms. The molecule has 0 atom stereocenters. The highest BCUT2D eigenvalue weighted by Crippen LogP contribution is 2.21. The summed E-state index contributed by atoms with van der Waals surface area (Å²) < 4.78 is 0. The maximum Gasteiger partial charge on any atom is 0.137 e. The zero-order chi connectivity index (χ0) is 12.1. The van der Waals surface area contributed by atoms with E-state index in [2.05, 4.69) is 46.4 Å². The Morgan fingerprint density at radius 3 is 2.41 bits per heavy atom. The van der Waals surface area contributed by atoms with Crippen molar-refractivity contribution in [3.8, 4) is 11.4 Å². The highest BCUT2D eigenvalue weighted by molar-refractivity contribution is 5.86. The maximum atomic E-state index is 4.24. The lowest BCUT2D eigenvalue weighted by Gasteiger charge is -2.00. The predicted octanol–water partition coefficient (Wildman–Crippen LogP) is 4.26. The summed E-state index contributed by atoms with van der Waals surface area (Å²) in [5.41, 5.74) is 1.12. The van der Waals surface area contributed by atoms with Gasteiger partial charge in [-0.1, -0.05) is 50.2 Å². The number of hydrogen-bond acceptors (Lipinski definition) is 1.